The van der Waals surface area contributed by atoms with E-state index in [0.717, 1.165) is 5.56 Å². The molecule has 1 aliphatic heterocycles. The Bertz CT molecular complexity index is 826. The highest BCUT2D eigenvalue weighted by Crippen LogP contribution is 2.32. The van der Waals surface area contributed by atoms with Gasteiger partial charge >= 0.3 is 0 Å². The van der Waals surface area contributed by atoms with Gasteiger partial charge in [0.1, 0.15) is 5.82 Å². The minimum Gasteiger partial charge on any atom is -0.311 e. The third-order valence-corrected chi connectivity index (χ3v) is 7.75. The lowest BCUT2D eigenvalue weighted by molar-refractivity contribution is 0.447. The van der Waals surface area contributed by atoms with Gasteiger partial charge in [0.15, 0.2) is 9.84 Å². The minimum atomic E-state index is -3.43. The topological polar surface area (TPSA) is 46.2 Å². The van der Waals surface area contributed by atoms with Crippen molar-refractivity contribution in [3.8, 4) is 0 Å². The number of hydrogen-bond acceptors (Lipinski definition) is 3. The zero-order valence-electron chi connectivity index (χ0n) is 13.2. The summed E-state index contributed by atoms with van der Waals surface area (Å²) >= 11 is 3.23. The Morgan fingerprint density at radius 3 is 2.58 bits per heavy atom. The predicted molar refractivity (Wildman–Crippen MR) is 97.2 cm³/mol. The van der Waals surface area contributed by atoms with Gasteiger partial charge < -0.3 is 5.32 Å². The summed E-state index contributed by atoms with van der Waals surface area (Å²) in [6.07, 6.45) is 0.166. The van der Waals surface area contributed by atoms with Gasteiger partial charge in [0.05, 0.1) is 10.5 Å². The smallest absolute Gasteiger partial charge is 0.163 e. The van der Waals surface area contributed by atoms with Crippen molar-refractivity contribution in [3.63, 3.8) is 0 Å². The maximum atomic E-state index is 14.2. The van der Waals surface area contributed by atoms with Crippen molar-refractivity contribution in [2.24, 2.45) is 0 Å². The molecule has 2 aromatic rings. The van der Waals surface area contributed by atoms with Crippen molar-refractivity contribution in [2.75, 3.05) is 6.54 Å². The Labute approximate surface area is 150 Å². The molecule has 6 heteroatoms. The van der Waals surface area contributed by atoms with E-state index in [4.69, 9.17) is 0 Å². The first-order chi connectivity index (χ1) is 11.4. The molecule has 0 bridgehead atoms. The van der Waals surface area contributed by atoms with Crippen LogP contribution in [0.25, 0.3) is 0 Å². The van der Waals surface area contributed by atoms with E-state index < -0.39 is 20.3 Å². The number of rotatable bonds is 3. The summed E-state index contributed by atoms with van der Waals surface area (Å²) in [6.45, 7) is 2.23. The van der Waals surface area contributed by atoms with Crippen LogP contribution in [-0.4, -0.2) is 26.3 Å². The molecule has 0 aliphatic carbocycles. The van der Waals surface area contributed by atoms with E-state index >= 15 is 0 Å². The molecule has 0 saturated carbocycles. The summed E-state index contributed by atoms with van der Waals surface area (Å²) < 4.78 is 41.1. The summed E-state index contributed by atoms with van der Waals surface area (Å²) in [4.78, 5) is 0. The second-order valence-electron chi connectivity index (χ2n) is 6.16. The van der Waals surface area contributed by atoms with Crippen LogP contribution < -0.4 is 5.32 Å². The molecule has 0 spiro atoms. The molecule has 3 nitrogen and oxygen atoms in total. The van der Waals surface area contributed by atoms with Crippen LogP contribution in [0.1, 0.15) is 23.3 Å². The van der Waals surface area contributed by atoms with E-state index in [0.29, 0.717) is 16.6 Å². The van der Waals surface area contributed by atoms with Gasteiger partial charge in [-0.3, -0.25) is 0 Å². The highest BCUT2D eigenvalue weighted by atomic mass is 79.9. The molecule has 1 N–H and O–H groups in total. The standard InChI is InChI=1S/C18H19BrFNO2S/c1-12-17(9-14-7-8-15(19)10-16(14)20)24(22,23)18(11-21-12)13-5-3-2-4-6-13/h2-8,10,12,17-18,21H,9,11H2,1H3/t12-,17-,18+/m1/s1. The molecule has 3 atom stereocenters. The van der Waals surface area contributed by atoms with E-state index in [2.05, 4.69) is 21.2 Å². The lowest BCUT2D eigenvalue weighted by Gasteiger charge is -2.35. The first-order valence-corrected chi connectivity index (χ1v) is 10.2. The number of hydrogen-bond donors (Lipinski definition) is 1. The van der Waals surface area contributed by atoms with E-state index in [1.54, 1.807) is 12.1 Å². The lowest BCUT2D eigenvalue weighted by atomic mass is 10.0. The van der Waals surface area contributed by atoms with Crippen LogP contribution in [0.5, 0.6) is 0 Å². The minimum absolute atomic E-state index is 0.166. The zero-order valence-corrected chi connectivity index (χ0v) is 15.6. The van der Waals surface area contributed by atoms with Crippen LogP contribution in [0.3, 0.4) is 0 Å². The average Bonchev–Trinajstić information content (AvgIpc) is 2.53. The number of halogens is 2. The summed E-state index contributed by atoms with van der Waals surface area (Å²) in [5.41, 5.74) is 1.20. The van der Waals surface area contributed by atoms with Crippen LogP contribution in [-0.2, 0) is 16.3 Å². The molecular formula is C18H19BrFNO2S. The summed E-state index contributed by atoms with van der Waals surface area (Å²) in [5.74, 6) is -0.381. The molecule has 1 aliphatic rings. The maximum Gasteiger partial charge on any atom is 0.163 e. The maximum absolute atomic E-state index is 14.2. The summed E-state index contributed by atoms with van der Waals surface area (Å²) in [7, 11) is -3.43. The van der Waals surface area contributed by atoms with Crippen LogP contribution in [0.4, 0.5) is 4.39 Å². The van der Waals surface area contributed by atoms with Crippen molar-refractivity contribution in [2.45, 2.75) is 29.9 Å². The largest absolute Gasteiger partial charge is 0.311 e. The Morgan fingerprint density at radius 2 is 1.92 bits per heavy atom. The predicted octanol–water partition coefficient (Wildman–Crippen LogP) is 3.65. The summed E-state index contributed by atoms with van der Waals surface area (Å²) in [6, 6.07) is 13.7. The number of benzene rings is 2. The molecule has 24 heavy (non-hydrogen) atoms. The van der Waals surface area contributed by atoms with E-state index in [-0.39, 0.29) is 18.3 Å². The molecule has 0 aromatic heterocycles. The second-order valence-corrected chi connectivity index (χ2v) is 9.43. The molecule has 0 radical (unpaired) electrons. The Hall–Kier alpha value is -1.24. The number of sulfone groups is 1. The molecular weight excluding hydrogens is 393 g/mol. The molecule has 128 valence electrons. The fourth-order valence-electron chi connectivity index (χ4n) is 3.21. The van der Waals surface area contributed by atoms with E-state index in [1.165, 1.54) is 6.07 Å². The second kappa shape index (κ2) is 6.94. The van der Waals surface area contributed by atoms with Crippen molar-refractivity contribution in [3.05, 3.63) is 69.9 Å². The first-order valence-electron chi connectivity index (χ1n) is 7.84. The van der Waals surface area contributed by atoms with Crippen LogP contribution in [0.2, 0.25) is 0 Å². The molecule has 2 aromatic carbocycles. The first kappa shape index (κ1) is 17.6. The third-order valence-electron chi connectivity index (χ3n) is 4.61. The fraction of sp³-hybridized carbons (Fsp3) is 0.333. The molecule has 0 unspecified atom stereocenters. The fourth-order valence-corrected chi connectivity index (χ4v) is 5.91. The van der Waals surface area contributed by atoms with Crippen LogP contribution >= 0.6 is 15.9 Å². The van der Waals surface area contributed by atoms with E-state index in [1.807, 2.05) is 37.3 Å². The zero-order chi connectivity index (χ0) is 17.3. The van der Waals surface area contributed by atoms with Crippen molar-refractivity contribution in [1.29, 1.82) is 0 Å². The monoisotopic (exact) mass is 411 g/mol. The Kier molecular flexibility index (Phi) is 5.08. The highest BCUT2D eigenvalue weighted by Gasteiger charge is 2.42. The molecule has 0 amide bonds. The number of nitrogens with one attached hydrogen (secondary N) is 1. The van der Waals surface area contributed by atoms with Gasteiger partial charge in [0.2, 0.25) is 0 Å². The third kappa shape index (κ3) is 3.41. The van der Waals surface area contributed by atoms with Gasteiger partial charge in [0, 0.05) is 17.1 Å². The van der Waals surface area contributed by atoms with Gasteiger partial charge in [-0.25, -0.2) is 12.8 Å². The average molecular weight is 412 g/mol. The summed E-state index contributed by atoms with van der Waals surface area (Å²) in [5, 5.41) is 2.02. The van der Waals surface area contributed by atoms with Crippen LogP contribution in [0, 0.1) is 5.82 Å². The molecule has 3 rings (SSSR count). The Balaban J connectivity index is 1.93. The quantitative estimate of drug-likeness (QED) is 0.838. The molecule has 1 fully saturated rings. The van der Waals surface area contributed by atoms with Crippen molar-refractivity contribution < 1.29 is 12.8 Å². The van der Waals surface area contributed by atoms with Gasteiger partial charge in [0.25, 0.3) is 0 Å². The SMILES string of the molecule is C[C@H]1NC[C@@H](c2ccccc2)S(=O)(=O)[C@@H]1Cc1ccc(Br)cc1F. The van der Waals surface area contributed by atoms with Crippen LogP contribution in [0.15, 0.2) is 53.0 Å². The van der Waals surface area contributed by atoms with Gasteiger partial charge in [-0.1, -0.05) is 52.3 Å². The normalized spacial score (nSPS) is 26.2. The highest BCUT2D eigenvalue weighted by molar-refractivity contribution is 9.10. The van der Waals surface area contributed by atoms with E-state index in [9.17, 15) is 12.8 Å². The lowest BCUT2D eigenvalue weighted by Crippen LogP contribution is -2.53. The Morgan fingerprint density at radius 1 is 1.21 bits per heavy atom. The van der Waals surface area contributed by atoms with Gasteiger partial charge in [-0.2, -0.15) is 0 Å². The van der Waals surface area contributed by atoms with Gasteiger partial charge in [-0.15, -0.1) is 0 Å². The molecule has 1 saturated heterocycles. The molecule has 1 heterocycles. The van der Waals surface area contributed by atoms with Crippen molar-refractivity contribution >= 4 is 25.8 Å². The van der Waals surface area contributed by atoms with Crippen molar-refractivity contribution in [1.82, 2.24) is 5.32 Å². The van der Waals surface area contributed by atoms with Gasteiger partial charge in [-0.05, 0) is 36.6 Å².